The summed E-state index contributed by atoms with van der Waals surface area (Å²) in [5.41, 5.74) is 0.951. The van der Waals surface area contributed by atoms with Crippen LogP contribution in [0.15, 0.2) is 11.8 Å². The predicted molar refractivity (Wildman–Crippen MR) is 48.1 cm³/mol. The number of nitrogens with one attached hydrogen (secondary N) is 2. The van der Waals surface area contributed by atoms with Gasteiger partial charge in [-0.1, -0.05) is 5.21 Å². The van der Waals surface area contributed by atoms with Crippen LogP contribution in [0.3, 0.4) is 0 Å². The molecule has 1 atom stereocenters. The Morgan fingerprint density at radius 2 is 2.43 bits per heavy atom. The second-order valence-corrected chi connectivity index (χ2v) is 3.27. The number of nitrogens with zero attached hydrogens (tertiary/aromatic N) is 3. The van der Waals surface area contributed by atoms with Crippen LogP contribution in [-0.4, -0.2) is 26.4 Å². The van der Waals surface area contributed by atoms with Gasteiger partial charge in [-0.15, -0.1) is 10.2 Å². The number of aromatic amines is 1. The number of aromatic nitrogens is 4. The van der Waals surface area contributed by atoms with E-state index in [1.165, 1.54) is 0 Å². The van der Waals surface area contributed by atoms with E-state index in [1.807, 2.05) is 6.92 Å². The smallest absolute Gasteiger partial charge is 0.196 e. The van der Waals surface area contributed by atoms with E-state index in [0.29, 0.717) is 12.2 Å². The molecule has 0 saturated heterocycles. The van der Waals surface area contributed by atoms with E-state index in [9.17, 15) is 4.79 Å². The van der Waals surface area contributed by atoms with E-state index in [4.69, 9.17) is 0 Å². The molecule has 1 aromatic heterocycles. The summed E-state index contributed by atoms with van der Waals surface area (Å²) < 4.78 is 0. The zero-order valence-corrected chi connectivity index (χ0v) is 7.82. The van der Waals surface area contributed by atoms with Crippen LogP contribution in [0.25, 0.3) is 0 Å². The summed E-state index contributed by atoms with van der Waals surface area (Å²) in [7, 11) is 0. The van der Waals surface area contributed by atoms with Crippen molar-refractivity contribution in [2.24, 2.45) is 0 Å². The largest absolute Gasteiger partial charge is 0.378 e. The van der Waals surface area contributed by atoms with Crippen LogP contribution < -0.4 is 5.32 Å². The normalized spacial score (nSPS) is 18.1. The Kier molecular flexibility index (Phi) is 2.26. The van der Waals surface area contributed by atoms with Crippen molar-refractivity contribution in [3.63, 3.8) is 0 Å². The molecule has 2 rings (SSSR count). The van der Waals surface area contributed by atoms with Crippen molar-refractivity contribution in [3.8, 4) is 0 Å². The van der Waals surface area contributed by atoms with Crippen LogP contribution in [0, 0.1) is 0 Å². The predicted octanol–water partition coefficient (Wildman–Crippen LogP) is 0.0971. The summed E-state index contributed by atoms with van der Waals surface area (Å²) in [6.07, 6.45) is 3.01. The van der Waals surface area contributed by atoms with Crippen LogP contribution >= 0.6 is 0 Å². The molecule has 1 aromatic rings. The average Bonchev–Trinajstić information content (AvgIpc) is 2.75. The Balaban J connectivity index is 1.98. The van der Waals surface area contributed by atoms with Gasteiger partial charge in [0.15, 0.2) is 11.6 Å². The molecule has 0 radical (unpaired) electrons. The van der Waals surface area contributed by atoms with E-state index in [2.05, 4.69) is 25.9 Å². The molecule has 0 amide bonds. The highest BCUT2D eigenvalue weighted by atomic mass is 16.1. The van der Waals surface area contributed by atoms with Gasteiger partial charge in [0.1, 0.15) is 0 Å². The van der Waals surface area contributed by atoms with Gasteiger partial charge in [-0.2, -0.15) is 5.21 Å². The zero-order valence-electron chi connectivity index (χ0n) is 7.82. The van der Waals surface area contributed by atoms with Crippen molar-refractivity contribution < 1.29 is 4.79 Å². The fourth-order valence-corrected chi connectivity index (χ4v) is 1.41. The quantitative estimate of drug-likeness (QED) is 0.711. The second-order valence-electron chi connectivity index (χ2n) is 3.27. The van der Waals surface area contributed by atoms with Gasteiger partial charge < -0.3 is 5.32 Å². The topological polar surface area (TPSA) is 83.6 Å². The summed E-state index contributed by atoms with van der Waals surface area (Å²) in [5.74, 6) is 0.776. The van der Waals surface area contributed by atoms with Gasteiger partial charge in [0, 0.05) is 18.2 Å². The molecule has 1 aliphatic rings. The standard InChI is InChI=1S/C8H11N5O/c1-5(8-10-12-13-11-8)9-6-2-3-7(14)4-6/h4-5,9H,2-3H2,1H3,(H,10,11,12,13). The van der Waals surface area contributed by atoms with Gasteiger partial charge in [0.05, 0.1) is 6.04 Å². The molecule has 0 aliphatic heterocycles. The number of rotatable bonds is 3. The number of hydrogen-bond donors (Lipinski definition) is 2. The first kappa shape index (κ1) is 8.86. The number of hydrogen-bond acceptors (Lipinski definition) is 5. The van der Waals surface area contributed by atoms with Gasteiger partial charge in [0.25, 0.3) is 0 Å². The van der Waals surface area contributed by atoms with Gasteiger partial charge in [-0.05, 0) is 13.3 Å². The molecular weight excluding hydrogens is 182 g/mol. The van der Waals surface area contributed by atoms with Gasteiger partial charge in [0.2, 0.25) is 0 Å². The first-order valence-electron chi connectivity index (χ1n) is 4.49. The molecule has 2 N–H and O–H groups in total. The van der Waals surface area contributed by atoms with Gasteiger partial charge >= 0.3 is 0 Å². The highest BCUT2D eigenvalue weighted by Gasteiger charge is 2.16. The Hall–Kier alpha value is -1.72. The van der Waals surface area contributed by atoms with Crippen LogP contribution in [0.2, 0.25) is 0 Å². The highest BCUT2D eigenvalue weighted by Crippen LogP contribution is 2.15. The van der Waals surface area contributed by atoms with Crippen LogP contribution in [0.5, 0.6) is 0 Å². The van der Waals surface area contributed by atoms with Gasteiger partial charge in [-0.3, -0.25) is 4.79 Å². The molecule has 1 heterocycles. The summed E-state index contributed by atoms with van der Waals surface area (Å²) in [6.45, 7) is 1.93. The fraction of sp³-hybridized carbons (Fsp3) is 0.500. The Labute approximate surface area is 80.8 Å². The Morgan fingerprint density at radius 3 is 3.00 bits per heavy atom. The third kappa shape index (κ3) is 1.78. The van der Waals surface area contributed by atoms with Crippen molar-refractivity contribution in [1.82, 2.24) is 25.9 Å². The van der Waals surface area contributed by atoms with Crippen molar-refractivity contribution in [1.29, 1.82) is 0 Å². The molecule has 1 aliphatic carbocycles. The van der Waals surface area contributed by atoms with Crippen molar-refractivity contribution in [3.05, 3.63) is 17.6 Å². The Morgan fingerprint density at radius 1 is 1.57 bits per heavy atom. The monoisotopic (exact) mass is 193 g/mol. The lowest BCUT2D eigenvalue weighted by Gasteiger charge is -2.11. The van der Waals surface area contributed by atoms with Crippen molar-refractivity contribution in [2.75, 3.05) is 0 Å². The minimum absolute atomic E-state index is 0.0223. The first-order valence-corrected chi connectivity index (χ1v) is 4.49. The summed E-state index contributed by atoms with van der Waals surface area (Å²) >= 11 is 0. The number of carbonyl (C=O) groups excluding carboxylic acids is 1. The maximum atomic E-state index is 11.0. The summed E-state index contributed by atoms with van der Waals surface area (Å²) in [5, 5.41) is 16.7. The zero-order chi connectivity index (χ0) is 9.97. The van der Waals surface area contributed by atoms with Gasteiger partial charge in [-0.25, -0.2) is 0 Å². The molecule has 0 saturated carbocycles. The molecule has 0 fully saturated rings. The van der Waals surface area contributed by atoms with E-state index >= 15 is 0 Å². The molecule has 6 heteroatoms. The minimum Gasteiger partial charge on any atom is -0.378 e. The van der Waals surface area contributed by atoms with Crippen molar-refractivity contribution >= 4 is 5.78 Å². The fourth-order valence-electron chi connectivity index (χ4n) is 1.41. The van der Waals surface area contributed by atoms with Crippen LogP contribution in [0.4, 0.5) is 0 Å². The number of ketones is 1. The second kappa shape index (κ2) is 3.57. The summed E-state index contributed by atoms with van der Waals surface area (Å²) in [4.78, 5) is 11.0. The SMILES string of the molecule is CC(NC1=CC(=O)CC1)c1nn[nH]n1. The maximum absolute atomic E-state index is 11.0. The molecule has 0 spiro atoms. The number of carbonyl (C=O) groups is 1. The van der Waals surface area contributed by atoms with E-state index in [0.717, 1.165) is 12.1 Å². The number of allylic oxidation sites excluding steroid dienone is 2. The lowest BCUT2D eigenvalue weighted by atomic mass is 10.3. The van der Waals surface area contributed by atoms with Crippen LogP contribution in [0.1, 0.15) is 31.6 Å². The minimum atomic E-state index is -0.0223. The number of H-pyrrole nitrogens is 1. The van der Waals surface area contributed by atoms with E-state index in [1.54, 1.807) is 6.08 Å². The van der Waals surface area contributed by atoms with Crippen molar-refractivity contribution in [2.45, 2.75) is 25.8 Å². The molecule has 1 unspecified atom stereocenters. The third-order valence-electron chi connectivity index (χ3n) is 2.13. The third-order valence-corrected chi connectivity index (χ3v) is 2.13. The maximum Gasteiger partial charge on any atom is 0.196 e. The first-order chi connectivity index (χ1) is 6.75. The highest BCUT2D eigenvalue weighted by molar-refractivity contribution is 5.92. The Bertz CT molecular complexity index is 356. The molecule has 14 heavy (non-hydrogen) atoms. The molecular formula is C8H11N5O. The lowest BCUT2D eigenvalue weighted by molar-refractivity contribution is -0.114. The lowest BCUT2D eigenvalue weighted by Crippen LogP contribution is -2.18. The average molecular weight is 193 g/mol. The number of tetrazole rings is 1. The van der Waals surface area contributed by atoms with E-state index in [-0.39, 0.29) is 11.8 Å². The summed E-state index contributed by atoms with van der Waals surface area (Å²) in [6, 6.07) is -0.0223. The van der Waals surface area contributed by atoms with Crippen LogP contribution in [-0.2, 0) is 4.79 Å². The molecule has 6 nitrogen and oxygen atoms in total. The molecule has 0 aromatic carbocycles. The molecule has 74 valence electrons. The molecule has 0 bridgehead atoms. The van der Waals surface area contributed by atoms with E-state index < -0.39 is 0 Å².